The average molecular weight is 416 g/mol. The summed E-state index contributed by atoms with van der Waals surface area (Å²) in [4.78, 5) is 37.8. The van der Waals surface area contributed by atoms with Crippen molar-refractivity contribution in [3.05, 3.63) is 34.7 Å². The summed E-state index contributed by atoms with van der Waals surface area (Å²) in [5, 5.41) is 4.67. The summed E-state index contributed by atoms with van der Waals surface area (Å²) in [7, 11) is 0. The van der Waals surface area contributed by atoms with Crippen LogP contribution in [0.1, 0.15) is 29.4 Å². The van der Waals surface area contributed by atoms with Crippen molar-refractivity contribution in [3.8, 4) is 11.3 Å². The van der Waals surface area contributed by atoms with Crippen LogP contribution in [0.25, 0.3) is 22.4 Å². The number of hydrogen-bond donors (Lipinski definition) is 2. The molecule has 1 saturated carbocycles. The van der Waals surface area contributed by atoms with E-state index in [0.717, 1.165) is 22.7 Å². The van der Waals surface area contributed by atoms with E-state index >= 15 is 0 Å². The fourth-order valence-electron chi connectivity index (χ4n) is 2.49. The molecule has 2 amide bonds. The van der Waals surface area contributed by atoms with Gasteiger partial charge >= 0.3 is 12.0 Å². The molecule has 28 heavy (non-hydrogen) atoms. The number of pyridine rings is 1. The zero-order chi connectivity index (χ0) is 19.7. The van der Waals surface area contributed by atoms with E-state index in [1.54, 1.807) is 31.3 Å². The molecular formula is C18H17N5O3S2. The number of thiol groups is 1. The van der Waals surface area contributed by atoms with Gasteiger partial charge in [-0.25, -0.2) is 23.9 Å². The van der Waals surface area contributed by atoms with Gasteiger partial charge in [0.25, 0.3) is 0 Å². The number of esters is 1. The minimum absolute atomic E-state index is 0.223. The molecule has 1 aliphatic carbocycles. The number of nitrogens with one attached hydrogen (secondary N) is 1. The van der Waals surface area contributed by atoms with Crippen LogP contribution in [-0.2, 0) is 4.74 Å². The molecule has 0 aliphatic heterocycles. The Morgan fingerprint density at radius 2 is 2.18 bits per heavy atom. The summed E-state index contributed by atoms with van der Waals surface area (Å²) < 4.78 is 6.18. The molecule has 0 atom stereocenters. The maximum absolute atomic E-state index is 12.2. The number of rotatable bonds is 5. The molecule has 0 bridgehead atoms. The number of carbonyl (C=O) groups is 2. The second-order valence-electron chi connectivity index (χ2n) is 6.22. The Balaban J connectivity index is 1.60. The highest BCUT2D eigenvalue weighted by Gasteiger charge is 2.26. The number of aromatic nitrogens is 3. The fraction of sp³-hybridized carbons (Fsp3) is 0.278. The van der Waals surface area contributed by atoms with E-state index in [4.69, 9.17) is 4.74 Å². The molecule has 0 aromatic carbocycles. The molecule has 4 rings (SSSR count). The predicted octanol–water partition coefficient (Wildman–Crippen LogP) is 3.45. The molecule has 3 aromatic rings. The summed E-state index contributed by atoms with van der Waals surface area (Å²) in [6.07, 6.45) is 3.60. The van der Waals surface area contributed by atoms with Crippen molar-refractivity contribution < 1.29 is 14.3 Å². The zero-order valence-corrected chi connectivity index (χ0v) is 16.7. The van der Waals surface area contributed by atoms with Crippen LogP contribution < -0.4 is 9.62 Å². The second-order valence-corrected chi connectivity index (χ2v) is 7.53. The van der Waals surface area contributed by atoms with E-state index in [0.29, 0.717) is 34.2 Å². The maximum atomic E-state index is 12.2. The lowest BCUT2D eigenvalue weighted by molar-refractivity contribution is 0.0532. The number of nitrogens with zero attached hydrogens (tertiary/aromatic N) is 4. The van der Waals surface area contributed by atoms with E-state index in [9.17, 15) is 9.59 Å². The standard InChI is InChI=1S/C18H17N5O3S2/c1-2-26-17(24)14-7-10(9-28-14)13-8-19-12-5-6-15(22-16(12)21-13)23(27)18(25)20-11-3-4-11/h5-9,11,27H,2-4H2,1H3,(H,20,25). The molecule has 144 valence electrons. The monoisotopic (exact) mass is 415 g/mol. The van der Waals surface area contributed by atoms with Gasteiger partial charge in [-0.2, -0.15) is 0 Å². The molecule has 3 aromatic heterocycles. The van der Waals surface area contributed by atoms with Crippen LogP contribution in [0.5, 0.6) is 0 Å². The van der Waals surface area contributed by atoms with E-state index in [2.05, 4.69) is 33.1 Å². The molecule has 8 nitrogen and oxygen atoms in total. The maximum Gasteiger partial charge on any atom is 0.348 e. The van der Waals surface area contributed by atoms with Crippen molar-refractivity contribution in [1.29, 1.82) is 0 Å². The molecule has 0 unspecified atom stereocenters. The number of anilines is 1. The van der Waals surface area contributed by atoms with Gasteiger partial charge in [-0.05, 0) is 38.0 Å². The average Bonchev–Trinajstić information content (AvgIpc) is 3.38. The molecular weight excluding hydrogens is 398 g/mol. The lowest BCUT2D eigenvalue weighted by Crippen LogP contribution is -2.35. The Hall–Kier alpha value is -2.72. The van der Waals surface area contributed by atoms with E-state index in [-0.39, 0.29) is 18.0 Å². The van der Waals surface area contributed by atoms with Gasteiger partial charge in [-0.3, -0.25) is 4.98 Å². The van der Waals surface area contributed by atoms with Gasteiger partial charge < -0.3 is 10.1 Å². The van der Waals surface area contributed by atoms with Gasteiger partial charge in [0, 0.05) is 17.0 Å². The molecule has 1 fully saturated rings. The normalized spacial score (nSPS) is 13.4. The van der Waals surface area contributed by atoms with Crippen molar-refractivity contribution in [2.24, 2.45) is 0 Å². The predicted molar refractivity (Wildman–Crippen MR) is 110 cm³/mol. The fourth-order valence-corrected chi connectivity index (χ4v) is 3.45. The highest BCUT2D eigenvalue weighted by Crippen LogP contribution is 2.26. The Bertz CT molecular complexity index is 1050. The first-order valence-electron chi connectivity index (χ1n) is 8.74. The first-order chi connectivity index (χ1) is 13.5. The number of ether oxygens (including phenoxy) is 1. The third-order valence-electron chi connectivity index (χ3n) is 4.08. The zero-order valence-electron chi connectivity index (χ0n) is 15.0. The molecule has 0 radical (unpaired) electrons. The van der Waals surface area contributed by atoms with Crippen LogP contribution >= 0.6 is 24.2 Å². The first kappa shape index (κ1) is 18.6. The Kier molecular flexibility index (Phi) is 5.14. The quantitative estimate of drug-likeness (QED) is 0.489. The summed E-state index contributed by atoms with van der Waals surface area (Å²) >= 11 is 5.53. The van der Waals surface area contributed by atoms with Crippen molar-refractivity contribution >= 4 is 53.1 Å². The number of fused-ring (bicyclic) bond motifs is 1. The second kappa shape index (κ2) is 7.72. The van der Waals surface area contributed by atoms with Gasteiger partial charge in [0.2, 0.25) is 0 Å². The summed E-state index contributed by atoms with van der Waals surface area (Å²) in [6, 6.07) is 5.02. The number of urea groups is 1. The van der Waals surface area contributed by atoms with Crippen molar-refractivity contribution in [2.45, 2.75) is 25.8 Å². The third-order valence-corrected chi connectivity index (χ3v) is 5.38. The van der Waals surface area contributed by atoms with E-state index < -0.39 is 0 Å². The Labute approximate surface area is 170 Å². The first-order valence-corrected chi connectivity index (χ1v) is 10.0. The molecule has 10 heteroatoms. The number of carbonyl (C=O) groups excluding carboxylic acids is 2. The Morgan fingerprint density at radius 1 is 1.36 bits per heavy atom. The largest absolute Gasteiger partial charge is 0.462 e. The van der Waals surface area contributed by atoms with Crippen LogP contribution in [0.15, 0.2) is 29.8 Å². The van der Waals surface area contributed by atoms with Crippen LogP contribution in [0, 0.1) is 0 Å². The smallest absolute Gasteiger partial charge is 0.348 e. The lowest BCUT2D eigenvalue weighted by atomic mass is 10.2. The van der Waals surface area contributed by atoms with E-state index in [1.165, 1.54) is 11.3 Å². The van der Waals surface area contributed by atoms with Crippen molar-refractivity contribution in [3.63, 3.8) is 0 Å². The van der Waals surface area contributed by atoms with Crippen LogP contribution in [-0.4, -0.2) is 39.6 Å². The number of amides is 2. The highest BCUT2D eigenvalue weighted by atomic mass is 32.1. The van der Waals surface area contributed by atoms with Crippen LogP contribution in [0.4, 0.5) is 10.6 Å². The Morgan fingerprint density at radius 3 is 2.93 bits per heavy atom. The van der Waals surface area contributed by atoms with Crippen LogP contribution in [0.2, 0.25) is 0 Å². The van der Waals surface area contributed by atoms with Crippen molar-refractivity contribution in [2.75, 3.05) is 10.9 Å². The summed E-state index contributed by atoms with van der Waals surface area (Å²) in [5.41, 5.74) is 2.32. The minimum Gasteiger partial charge on any atom is -0.462 e. The van der Waals surface area contributed by atoms with Gasteiger partial charge in [-0.1, -0.05) is 12.8 Å². The summed E-state index contributed by atoms with van der Waals surface area (Å²) in [5.74, 6) is -0.00161. The van der Waals surface area contributed by atoms with Crippen molar-refractivity contribution in [1.82, 2.24) is 20.3 Å². The van der Waals surface area contributed by atoms with Gasteiger partial charge in [0.1, 0.15) is 16.2 Å². The lowest BCUT2D eigenvalue weighted by Gasteiger charge is -2.15. The SMILES string of the molecule is CCOC(=O)c1cc(-c2cnc3ccc(N(S)C(=O)NC4CC4)nc3n2)cs1. The topological polar surface area (TPSA) is 97.3 Å². The van der Waals surface area contributed by atoms with Gasteiger partial charge in [0.15, 0.2) is 5.65 Å². The van der Waals surface area contributed by atoms with Crippen LogP contribution in [0.3, 0.4) is 0 Å². The molecule has 1 N–H and O–H groups in total. The molecule has 0 spiro atoms. The van der Waals surface area contributed by atoms with E-state index in [1.807, 2.05) is 5.38 Å². The van der Waals surface area contributed by atoms with Gasteiger partial charge in [0.05, 0.1) is 18.5 Å². The third kappa shape index (κ3) is 3.92. The number of thiophene rings is 1. The number of hydrogen-bond acceptors (Lipinski definition) is 8. The highest BCUT2D eigenvalue weighted by molar-refractivity contribution is 7.82. The molecule has 1 aliphatic rings. The molecule has 3 heterocycles. The minimum atomic E-state index is -0.361. The molecule has 0 saturated heterocycles. The van der Waals surface area contributed by atoms with Gasteiger partial charge in [-0.15, -0.1) is 11.3 Å². The summed E-state index contributed by atoms with van der Waals surface area (Å²) in [6.45, 7) is 2.09.